The first-order chi connectivity index (χ1) is 16.8. The molecule has 9 heteroatoms. The number of hydrogen-bond donors (Lipinski definition) is 2. The Bertz CT molecular complexity index is 1230. The second-order valence-electron chi connectivity index (χ2n) is 10.1. The first-order valence-electron chi connectivity index (χ1n) is 12.0. The van der Waals surface area contributed by atoms with Gasteiger partial charge in [0.05, 0.1) is 0 Å². The molecule has 8 nitrogen and oxygen atoms in total. The molecule has 2 aromatic carbocycles. The zero-order valence-corrected chi connectivity index (χ0v) is 19.4. The summed E-state index contributed by atoms with van der Waals surface area (Å²) < 4.78 is 19.2. The van der Waals surface area contributed by atoms with Crippen LogP contribution in [0.15, 0.2) is 42.5 Å². The third-order valence-electron chi connectivity index (χ3n) is 7.80. The highest BCUT2D eigenvalue weighted by Crippen LogP contribution is 2.53. The molecule has 3 N–H and O–H groups in total. The van der Waals surface area contributed by atoms with Crippen molar-refractivity contribution < 1.29 is 23.5 Å². The van der Waals surface area contributed by atoms with E-state index in [1.165, 1.54) is 12.1 Å². The van der Waals surface area contributed by atoms with Crippen LogP contribution >= 0.6 is 0 Å². The standard InChI is InChI=1S/C26H27FN4O4/c1-14(16-4-5-16)30(12-15-2-7-18(27)8-3-15)21(32)13-31-24(33)26(29-25(31)34)11-17-6-9-19(28)10-20(17)22-23(26)35-22/h2-3,6-10,14,16,22-23H,4-5,11-13,28H2,1H3,(H,29,34)/t14-,22?,23?,26?/m0/s1. The molecule has 2 aliphatic heterocycles. The van der Waals surface area contributed by atoms with Gasteiger partial charge in [0.1, 0.15) is 24.6 Å². The summed E-state index contributed by atoms with van der Waals surface area (Å²) in [7, 11) is 0. The number of anilines is 1. The van der Waals surface area contributed by atoms with Gasteiger partial charge in [-0.3, -0.25) is 14.5 Å². The van der Waals surface area contributed by atoms with Crippen LogP contribution in [-0.2, 0) is 27.3 Å². The van der Waals surface area contributed by atoms with Gasteiger partial charge in [-0.25, -0.2) is 9.18 Å². The van der Waals surface area contributed by atoms with Crippen LogP contribution in [0.3, 0.4) is 0 Å². The Morgan fingerprint density at radius 3 is 2.71 bits per heavy atom. The Kier molecular flexibility index (Phi) is 4.90. The summed E-state index contributed by atoms with van der Waals surface area (Å²) in [5.74, 6) is -0.709. The summed E-state index contributed by atoms with van der Waals surface area (Å²) in [6.07, 6.45) is 1.58. The molecule has 182 valence electrons. The number of epoxide rings is 1. The van der Waals surface area contributed by atoms with E-state index < -0.39 is 23.6 Å². The van der Waals surface area contributed by atoms with Crippen LogP contribution in [0.2, 0.25) is 0 Å². The van der Waals surface area contributed by atoms with E-state index in [1.54, 1.807) is 23.1 Å². The Morgan fingerprint density at radius 1 is 1.26 bits per heavy atom. The lowest BCUT2D eigenvalue weighted by atomic mass is 9.77. The second-order valence-corrected chi connectivity index (χ2v) is 10.1. The third-order valence-corrected chi connectivity index (χ3v) is 7.80. The summed E-state index contributed by atoms with van der Waals surface area (Å²) in [6.45, 7) is 1.92. The number of fused-ring (bicyclic) bond motifs is 4. The fourth-order valence-corrected chi connectivity index (χ4v) is 5.57. The number of amides is 4. The van der Waals surface area contributed by atoms with Crippen LogP contribution in [0.4, 0.5) is 14.9 Å². The van der Waals surface area contributed by atoms with Crippen LogP contribution in [0.5, 0.6) is 0 Å². The maximum atomic E-state index is 13.6. The quantitative estimate of drug-likeness (QED) is 0.377. The van der Waals surface area contributed by atoms with Gasteiger partial charge in [0.15, 0.2) is 5.54 Å². The molecule has 2 saturated heterocycles. The van der Waals surface area contributed by atoms with E-state index >= 15 is 0 Å². The molecule has 0 aromatic heterocycles. The van der Waals surface area contributed by atoms with E-state index in [-0.39, 0.29) is 43.4 Å². The third kappa shape index (κ3) is 3.65. The molecular formula is C26H27FN4O4. The van der Waals surface area contributed by atoms with Gasteiger partial charge < -0.3 is 20.7 Å². The number of nitrogens with zero attached hydrogens (tertiary/aromatic N) is 2. The lowest BCUT2D eigenvalue weighted by Crippen LogP contribution is -2.55. The normalized spacial score (nSPS) is 27.3. The van der Waals surface area contributed by atoms with Crippen molar-refractivity contribution in [2.75, 3.05) is 12.3 Å². The number of hydrogen-bond acceptors (Lipinski definition) is 5. The number of nitrogen functional groups attached to an aromatic ring is 1. The summed E-state index contributed by atoms with van der Waals surface area (Å²) >= 11 is 0. The van der Waals surface area contributed by atoms with Crippen molar-refractivity contribution in [1.82, 2.24) is 15.1 Å². The first kappa shape index (κ1) is 22.0. The highest BCUT2D eigenvalue weighted by molar-refractivity contribution is 6.10. The number of nitrogens with one attached hydrogen (secondary N) is 1. The molecule has 4 aliphatic rings. The van der Waals surface area contributed by atoms with E-state index in [0.717, 1.165) is 34.4 Å². The minimum atomic E-state index is -1.21. The van der Waals surface area contributed by atoms with Crippen LogP contribution in [-0.4, -0.2) is 51.9 Å². The molecule has 2 heterocycles. The van der Waals surface area contributed by atoms with E-state index in [0.29, 0.717) is 11.6 Å². The first-order valence-corrected chi connectivity index (χ1v) is 12.0. The zero-order chi connectivity index (χ0) is 24.5. The van der Waals surface area contributed by atoms with Crippen LogP contribution in [0, 0.1) is 11.7 Å². The van der Waals surface area contributed by atoms with Crippen LogP contribution in [0.25, 0.3) is 0 Å². The number of carbonyl (C=O) groups is 3. The van der Waals surface area contributed by atoms with Crippen LogP contribution in [0.1, 0.15) is 42.6 Å². The van der Waals surface area contributed by atoms with Crippen molar-refractivity contribution in [3.8, 4) is 0 Å². The minimum absolute atomic E-state index is 0.0505. The highest BCUT2D eigenvalue weighted by atomic mass is 19.1. The van der Waals surface area contributed by atoms with E-state index in [1.807, 2.05) is 19.1 Å². The summed E-state index contributed by atoms with van der Waals surface area (Å²) in [4.78, 5) is 42.7. The lowest BCUT2D eigenvalue weighted by Gasteiger charge is -2.31. The van der Waals surface area contributed by atoms with Crippen molar-refractivity contribution in [3.63, 3.8) is 0 Å². The van der Waals surface area contributed by atoms with Crippen molar-refractivity contribution in [2.45, 2.75) is 56.5 Å². The van der Waals surface area contributed by atoms with Crippen molar-refractivity contribution >= 4 is 23.5 Å². The second kappa shape index (κ2) is 7.78. The largest absolute Gasteiger partial charge is 0.399 e. The molecule has 1 saturated carbocycles. The monoisotopic (exact) mass is 478 g/mol. The molecule has 3 fully saturated rings. The van der Waals surface area contributed by atoms with E-state index in [4.69, 9.17) is 10.5 Å². The summed E-state index contributed by atoms with van der Waals surface area (Å²) in [6, 6.07) is 10.9. The van der Waals surface area contributed by atoms with Gasteiger partial charge in [0.2, 0.25) is 5.91 Å². The zero-order valence-electron chi connectivity index (χ0n) is 19.4. The predicted molar refractivity (Wildman–Crippen MR) is 124 cm³/mol. The molecule has 2 aliphatic carbocycles. The van der Waals surface area contributed by atoms with Gasteiger partial charge in [-0.05, 0) is 66.6 Å². The summed E-state index contributed by atoms with van der Waals surface area (Å²) in [5.41, 5.74) is 7.96. The van der Waals surface area contributed by atoms with Gasteiger partial charge in [-0.15, -0.1) is 0 Å². The Morgan fingerprint density at radius 2 is 2.00 bits per heavy atom. The molecule has 1 spiro atoms. The molecule has 35 heavy (non-hydrogen) atoms. The van der Waals surface area contributed by atoms with E-state index in [9.17, 15) is 18.8 Å². The number of imide groups is 1. The number of nitrogens with two attached hydrogens (primary N) is 1. The van der Waals surface area contributed by atoms with Crippen molar-refractivity contribution in [2.24, 2.45) is 5.92 Å². The van der Waals surface area contributed by atoms with Crippen molar-refractivity contribution in [1.29, 1.82) is 0 Å². The Hall–Kier alpha value is -3.46. The smallest absolute Gasteiger partial charge is 0.325 e. The lowest BCUT2D eigenvalue weighted by molar-refractivity contribution is -0.141. The maximum Gasteiger partial charge on any atom is 0.325 e. The molecule has 6 rings (SSSR count). The van der Waals surface area contributed by atoms with Crippen molar-refractivity contribution in [3.05, 3.63) is 65.0 Å². The summed E-state index contributed by atoms with van der Waals surface area (Å²) in [5, 5.41) is 2.85. The van der Waals surface area contributed by atoms with Gasteiger partial charge >= 0.3 is 6.03 Å². The number of benzene rings is 2. The topological polar surface area (TPSA) is 108 Å². The molecule has 3 unspecified atom stereocenters. The molecule has 0 radical (unpaired) electrons. The minimum Gasteiger partial charge on any atom is -0.399 e. The molecular weight excluding hydrogens is 451 g/mol. The number of halogens is 1. The molecule has 4 amide bonds. The van der Waals surface area contributed by atoms with Gasteiger partial charge in [-0.2, -0.15) is 0 Å². The van der Waals surface area contributed by atoms with Gasteiger partial charge in [0.25, 0.3) is 5.91 Å². The molecule has 4 atom stereocenters. The van der Waals surface area contributed by atoms with E-state index in [2.05, 4.69) is 5.32 Å². The highest BCUT2D eigenvalue weighted by Gasteiger charge is 2.68. The van der Waals surface area contributed by atoms with Crippen LogP contribution < -0.4 is 11.1 Å². The SMILES string of the molecule is C[C@@H](C1CC1)N(Cc1ccc(F)cc1)C(=O)CN1C(=O)NC2(Cc3ccc(N)cc3C3OC32)C1=O. The molecule has 2 aromatic rings. The fraction of sp³-hybridized carbons (Fsp3) is 0.423. The fourth-order valence-electron chi connectivity index (χ4n) is 5.57. The predicted octanol–water partition coefficient (Wildman–Crippen LogP) is 2.52. The number of carbonyl (C=O) groups excluding carboxylic acids is 3. The van der Waals surface area contributed by atoms with Gasteiger partial charge in [0, 0.05) is 24.7 Å². The Labute approximate surface area is 202 Å². The van der Waals surface area contributed by atoms with Gasteiger partial charge in [-0.1, -0.05) is 18.2 Å². The Balaban J connectivity index is 1.22. The maximum absolute atomic E-state index is 13.6. The number of rotatable bonds is 6. The number of ether oxygens (including phenoxy) is 1. The average molecular weight is 479 g/mol. The average Bonchev–Trinajstić information content (AvgIpc) is 3.74. The number of urea groups is 1. The molecule has 0 bridgehead atoms.